The van der Waals surface area contributed by atoms with Crippen molar-refractivity contribution in [2.24, 2.45) is 0 Å². The Kier molecular flexibility index (Phi) is 3.80. The molecule has 0 spiro atoms. The third-order valence-electron chi connectivity index (χ3n) is 3.00. The highest BCUT2D eigenvalue weighted by atomic mass is 16.7. The molecular formula is C13H18N2O4. The second-order valence-electron chi connectivity index (χ2n) is 4.61. The summed E-state index contributed by atoms with van der Waals surface area (Å²) < 4.78 is 10.4. The van der Waals surface area contributed by atoms with Gasteiger partial charge in [-0.05, 0) is 19.9 Å². The van der Waals surface area contributed by atoms with E-state index in [1.165, 1.54) is 0 Å². The number of ether oxygens (including phenoxy) is 2. The highest BCUT2D eigenvalue weighted by molar-refractivity contribution is 6.00. The van der Waals surface area contributed by atoms with E-state index in [0.29, 0.717) is 22.7 Å². The molecule has 104 valence electrons. The summed E-state index contributed by atoms with van der Waals surface area (Å²) in [5.41, 5.74) is 6.60. The van der Waals surface area contributed by atoms with Crippen LogP contribution < -0.4 is 15.2 Å². The molecule has 6 heteroatoms. The highest BCUT2D eigenvalue weighted by Crippen LogP contribution is 2.36. The molecule has 1 aromatic rings. The van der Waals surface area contributed by atoms with E-state index in [-0.39, 0.29) is 31.9 Å². The van der Waals surface area contributed by atoms with E-state index in [9.17, 15) is 4.79 Å². The molecular weight excluding hydrogens is 248 g/mol. The zero-order valence-corrected chi connectivity index (χ0v) is 11.0. The molecule has 0 bridgehead atoms. The lowest BCUT2D eigenvalue weighted by Gasteiger charge is -2.26. The predicted octanol–water partition coefficient (Wildman–Crippen LogP) is 0.840. The molecule has 3 N–H and O–H groups in total. The van der Waals surface area contributed by atoms with Gasteiger partial charge < -0.3 is 25.2 Å². The molecule has 0 atom stereocenters. The maximum atomic E-state index is 12.4. The van der Waals surface area contributed by atoms with Gasteiger partial charge >= 0.3 is 0 Å². The molecule has 0 aromatic heterocycles. The number of rotatable bonds is 4. The van der Waals surface area contributed by atoms with Crippen molar-refractivity contribution in [3.8, 4) is 11.5 Å². The summed E-state index contributed by atoms with van der Waals surface area (Å²) in [7, 11) is 0. The highest BCUT2D eigenvalue weighted by Gasteiger charge is 2.24. The third kappa shape index (κ3) is 2.58. The number of benzene rings is 1. The van der Waals surface area contributed by atoms with E-state index in [1.807, 2.05) is 13.8 Å². The lowest BCUT2D eigenvalue weighted by Crippen LogP contribution is -2.39. The van der Waals surface area contributed by atoms with Gasteiger partial charge in [-0.2, -0.15) is 0 Å². The number of carbonyl (C=O) groups is 1. The Morgan fingerprint density at radius 1 is 1.42 bits per heavy atom. The molecule has 0 unspecified atom stereocenters. The molecule has 1 aromatic carbocycles. The van der Waals surface area contributed by atoms with Crippen LogP contribution >= 0.6 is 0 Å². The predicted molar refractivity (Wildman–Crippen MR) is 70.2 cm³/mol. The lowest BCUT2D eigenvalue weighted by molar-refractivity contribution is 0.0666. The van der Waals surface area contributed by atoms with Gasteiger partial charge in [0.25, 0.3) is 5.91 Å². The molecule has 6 nitrogen and oxygen atoms in total. The number of fused-ring (bicyclic) bond motifs is 1. The van der Waals surface area contributed by atoms with E-state index < -0.39 is 0 Å². The summed E-state index contributed by atoms with van der Waals surface area (Å²) in [4.78, 5) is 14.0. The third-order valence-corrected chi connectivity index (χ3v) is 3.00. The first-order valence-corrected chi connectivity index (χ1v) is 6.15. The lowest BCUT2D eigenvalue weighted by atomic mass is 10.1. The molecule has 0 saturated carbocycles. The number of nitrogens with zero attached hydrogens (tertiary/aromatic N) is 1. The van der Waals surface area contributed by atoms with Gasteiger partial charge in [0.2, 0.25) is 6.79 Å². The minimum atomic E-state index is -0.222. The number of anilines is 1. The first-order valence-electron chi connectivity index (χ1n) is 6.15. The monoisotopic (exact) mass is 266 g/mol. The largest absolute Gasteiger partial charge is 0.454 e. The fourth-order valence-corrected chi connectivity index (χ4v) is 2.00. The molecule has 0 radical (unpaired) electrons. The Balaban J connectivity index is 2.32. The number of amides is 1. The minimum Gasteiger partial charge on any atom is -0.454 e. The van der Waals surface area contributed by atoms with Crippen LogP contribution in [-0.4, -0.2) is 41.9 Å². The van der Waals surface area contributed by atoms with Crippen LogP contribution in [0, 0.1) is 0 Å². The topological polar surface area (TPSA) is 85.0 Å². The van der Waals surface area contributed by atoms with Crippen LogP contribution in [0.5, 0.6) is 11.5 Å². The Bertz CT molecular complexity index is 488. The van der Waals surface area contributed by atoms with Crippen molar-refractivity contribution in [1.29, 1.82) is 0 Å². The number of carbonyl (C=O) groups excluding carboxylic acids is 1. The van der Waals surface area contributed by atoms with Crippen LogP contribution in [0.2, 0.25) is 0 Å². The normalized spacial score (nSPS) is 12.8. The van der Waals surface area contributed by atoms with Crippen molar-refractivity contribution in [3.63, 3.8) is 0 Å². The summed E-state index contributed by atoms with van der Waals surface area (Å²) in [6.45, 7) is 4.09. The molecule has 1 aliphatic heterocycles. The Labute approximate surface area is 111 Å². The van der Waals surface area contributed by atoms with Gasteiger partial charge in [0, 0.05) is 24.3 Å². The van der Waals surface area contributed by atoms with Crippen LogP contribution in [0.1, 0.15) is 24.2 Å². The Hall–Kier alpha value is -1.95. The number of nitrogen functional groups attached to an aromatic ring is 1. The maximum Gasteiger partial charge on any atom is 0.256 e. The van der Waals surface area contributed by atoms with E-state index in [1.54, 1.807) is 17.0 Å². The molecule has 19 heavy (non-hydrogen) atoms. The zero-order valence-electron chi connectivity index (χ0n) is 11.0. The summed E-state index contributed by atoms with van der Waals surface area (Å²) in [5, 5.41) is 9.04. The van der Waals surface area contributed by atoms with Crippen molar-refractivity contribution in [2.75, 3.05) is 25.7 Å². The van der Waals surface area contributed by atoms with E-state index in [4.69, 9.17) is 20.3 Å². The van der Waals surface area contributed by atoms with Crippen LogP contribution in [0.25, 0.3) is 0 Å². The molecule has 0 aliphatic carbocycles. The maximum absolute atomic E-state index is 12.4. The van der Waals surface area contributed by atoms with E-state index in [0.717, 1.165) is 0 Å². The summed E-state index contributed by atoms with van der Waals surface area (Å²) in [6, 6.07) is 3.16. The average molecular weight is 266 g/mol. The van der Waals surface area contributed by atoms with Gasteiger partial charge in [-0.3, -0.25) is 4.79 Å². The molecule has 0 saturated heterocycles. The first-order chi connectivity index (χ1) is 9.04. The van der Waals surface area contributed by atoms with Gasteiger partial charge in [0.1, 0.15) is 0 Å². The molecule has 0 fully saturated rings. The number of nitrogens with two attached hydrogens (primary N) is 1. The zero-order chi connectivity index (χ0) is 14.0. The van der Waals surface area contributed by atoms with Gasteiger partial charge in [-0.1, -0.05) is 0 Å². The summed E-state index contributed by atoms with van der Waals surface area (Å²) >= 11 is 0. The molecule has 1 amide bonds. The van der Waals surface area contributed by atoms with E-state index >= 15 is 0 Å². The van der Waals surface area contributed by atoms with Gasteiger partial charge in [-0.15, -0.1) is 0 Å². The van der Waals surface area contributed by atoms with Crippen LogP contribution in [0.4, 0.5) is 5.69 Å². The van der Waals surface area contributed by atoms with Crippen LogP contribution in [0.3, 0.4) is 0 Å². The van der Waals surface area contributed by atoms with Gasteiger partial charge in [0.05, 0.1) is 12.2 Å². The van der Waals surface area contributed by atoms with Crippen molar-refractivity contribution >= 4 is 11.6 Å². The van der Waals surface area contributed by atoms with Crippen molar-refractivity contribution in [2.45, 2.75) is 19.9 Å². The number of aliphatic hydroxyl groups excluding tert-OH is 1. The van der Waals surface area contributed by atoms with Gasteiger partial charge in [0.15, 0.2) is 11.5 Å². The van der Waals surface area contributed by atoms with Crippen LogP contribution in [-0.2, 0) is 0 Å². The molecule has 1 heterocycles. The fraction of sp³-hybridized carbons (Fsp3) is 0.462. The number of aliphatic hydroxyl groups is 1. The Morgan fingerprint density at radius 3 is 2.63 bits per heavy atom. The van der Waals surface area contributed by atoms with E-state index in [2.05, 4.69) is 0 Å². The fourth-order valence-electron chi connectivity index (χ4n) is 2.00. The smallest absolute Gasteiger partial charge is 0.256 e. The standard InChI is InChI=1S/C13H18N2O4/c1-8(2)15(3-4-16)13(17)9-5-11-12(6-10(9)14)19-7-18-11/h5-6,8,16H,3-4,7,14H2,1-2H3. The average Bonchev–Trinajstić information content (AvgIpc) is 2.80. The first kappa shape index (κ1) is 13.5. The van der Waals surface area contributed by atoms with Gasteiger partial charge in [-0.25, -0.2) is 0 Å². The van der Waals surface area contributed by atoms with Crippen LogP contribution in [0.15, 0.2) is 12.1 Å². The minimum absolute atomic E-state index is 0.0236. The second-order valence-corrected chi connectivity index (χ2v) is 4.61. The number of hydrogen-bond acceptors (Lipinski definition) is 5. The Morgan fingerprint density at radius 2 is 2.05 bits per heavy atom. The molecule has 1 aliphatic rings. The van der Waals surface area contributed by atoms with Crippen molar-refractivity contribution in [1.82, 2.24) is 4.90 Å². The number of hydrogen-bond donors (Lipinski definition) is 2. The van der Waals surface area contributed by atoms with Crippen molar-refractivity contribution in [3.05, 3.63) is 17.7 Å². The summed E-state index contributed by atoms with van der Waals surface area (Å²) in [6.07, 6.45) is 0. The second kappa shape index (κ2) is 5.36. The quantitative estimate of drug-likeness (QED) is 0.789. The summed E-state index contributed by atoms with van der Waals surface area (Å²) in [5.74, 6) is 0.845. The molecule has 2 rings (SSSR count). The SMILES string of the molecule is CC(C)N(CCO)C(=O)c1cc2c(cc1N)OCO2. The van der Waals surface area contributed by atoms with Crippen molar-refractivity contribution < 1.29 is 19.4 Å².